The molecule has 1 aromatic heterocycles. The van der Waals surface area contributed by atoms with Crippen molar-refractivity contribution in [1.82, 2.24) is 9.88 Å². The first kappa shape index (κ1) is 12.5. The van der Waals surface area contributed by atoms with E-state index >= 15 is 0 Å². The third kappa shape index (κ3) is 2.66. The van der Waals surface area contributed by atoms with Crippen molar-refractivity contribution in [3.63, 3.8) is 0 Å². The number of rotatable bonds is 4. The maximum absolute atomic E-state index is 12.2. The molecule has 1 aromatic rings. The van der Waals surface area contributed by atoms with Crippen LogP contribution in [-0.4, -0.2) is 35.4 Å². The number of fused-ring (bicyclic) bond motifs is 1. The SMILES string of the molecule is CC(C)CN1CCc2nc(CCN)sc2C1=O. The van der Waals surface area contributed by atoms with Crippen LogP contribution in [0.2, 0.25) is 0 Å². The third-order valence-electron chi connectivity index (χ3n) is 2.79. The Balaban J connectivity index is 2.17. The number of hydrogen-bond acceptors (Lipinski definition) is 4. The van der Waals surface area contributed by atoms with Crippen molar-refractivity contribution in [2.75, 3.05) is 19.6 Å². The molecule has 0 radical (unpaired) electrons. The summed E-state index contributed by atoms with van der Waals surface area (Å²) in [6, 6.07) is 0. The molecule has 4 nitrogen and oxygen atoms in total. The first-order chi connectivity index (χ1) is 8.11. The fourth-order valence-corrected chi connectivity index (χ4v) is 3.16. The first-order valence-electron chi connectivity index (χ1n) is 6.09. The van der Waals surface area contributed by atoms with Crippen LogP contribution >= 0.6 is 11.3 Å². The molecule has 0 bridgehead atoms. The quantitative estimate of drug-likeness (QED) is 0.880. The zero-order chi connectivity index (χ0) is 12.4. The number of thiazole rings is 1. The minimum absolute atomic E-state index is 0.153. The van der Waals surface area contributed by atoms with Gasteiger partial charge in [-0.15, -0.1) is 11.3 Å². The lowest BCUT2D eigenvalue weighted by Crippen LogP contribution is -2.39. The number of hydrogen-bond donors (Lipinski definition) is 1. The molecule has 17 heavy (non-hydrogen) atoms. The average molecular weight is 253 g/mol. The predicted octanol–water partition coefficient (Wildman–Crippen LogP) is 1.30. The maximum Gasteiger partial charge on any atom is 0.265 e. The summed E-state index contributed by atoms with van der Waals surface area (Å²) in [5.41, 5.74) is 6.49. The van der Waals surface area contributed by atoms with E-state index in [4.69, 9.17) is 5.73 Å². The van der Waals surface area contributed by atoms with Gasteiger partial charge in [0.1, 0.15) is 4.88 Å². The highest BCUT2D eigenvalue weighted by Crippen LogP contribution is 2.25. The summed E-state index contributed by atoms with van der Waals surface area (Å²) in [7, 11) is 0. The van der Waals surface area contributed by atoms with Crippen LogP contribution in [0.25, 0.3) is 0 Å². The molecular weight excluding hydrogens is 234 g/mol. The molecule has 1 amide bonds. The second-order valence-electron chi connectivity index (χ2n) is 4.82. The Bertz CT molecular complexity index is 414. The van der Waals surface area contributed by atoms with Gasteiger partial charge in [0.15, 0.2) is 0 Å². The lowest BCUT2D eigenvalue weighted by molar-refractivity contribution is 0.0724. The predicted molar refractivity (Wildman–Crippen MR) is 69.3 cm³/mol. The molecule has 5 heteroatoms. The number of amides is 1. The van der Waals surface area contributed by atoms with E-state index in [2.05, 4.69) is 18.8 Å². The van der Waals surface area contributed by atoms with Gasteiger partial charge in [0.05, 0.1) is 10.7 Å². The Hall–Kier alpha value is -0.940. The molecule has 0 saturated heterocycles. The van der Waals surface area contributed by atoms with Crippen molar-refractivity contribution in [2.45, 2.75) is 26.7 Å². The topological polar surface area (TPSA) is 59.2 Å². The minimum Gasteiger partial charge on any atom is -0.337 e. The minimum atomic E-state index is 0.153. The van der Waals surface area contributed by atoms with Gasteiger partial charge in [-0.2, -0.15) is 0 Å². The molecule has 0 spiro atoms. The van der Waals surface area contributed by atoms with E-state index in [1.54, 1.807) is 0 Å². The Morgan fingerprint density at radius 3 is 2.94 bits per heavy atom. The largest absolute Gasteiger partial charge is 0.337 e. The van der Waals surface area contributed by atoms with Gasteiger partial charge >= 0.3 is 0 Å². The highest BCUT2D eigenvalue weighted by atomic mass is 32.1. The van der Waals surface area contributed by atoms with Crippen LogP contribution < -0.4 is 5.73 Å². The number of carbonyl (C=O) groups excluding carboxylic acids is 1. The Labute approximate surface area is 106 Å². The van der Waals surface area contributed by atoms with Gasteiger partial charge in [-0.05, 0) is 12.5 Å². The molecule has 1 aliphatic heterocycles. The molecule has 0 fully saturated rings. The van der Waals surface area contributed by atoms with E-state index in [-0.39, 0.29) is 5.91 Å². The highest BCUT2D eigenvalue weighted by Gasteiger charge is 2.28. The van der Waals surface area contributed by atoms with Crippen LogP contribution in [0.4, 0.5) is 0 Å². The van der Waals surface area contributed by atoms with E-state index in [1.165, 1.54) is 11.3 Å². The molecule has 1 aliphatic rings. The Morgan fingerprint density at radius 1 is 1.53 bits per heavy atom. The van der Waals surface area contributed by atoms with Crippen LogP contribution in [-0.2, 0) is 12.8 Å². The molecule has 0 aromatic carbocycles. The first-order valence-corrected chi connectivity index (χ1v) is 6.91. The van der Waals surface area contributed by atoms with E-state index in [0.29, 0.717) is 12.5 Å². The van der Waals surface area contributed by atoms with Crippen LogP contribution in [0.15, 0.2) is 0 Å². The van der Waals surface area contributed by atoms with Gasteiger partial charge in [-0.3, -0.25) is 4.79 Å². The summed E-state index contributed by atoms with van der Waals surface area (Å²) < 4.78 is 0. The molecule has 0 atom stereocenters. The number of nitrogens with two attached hydrogens (primary N) is 1. The summed E-state index contributed by atoms with van der Waals surface area (Å²) in [6.45, 7) is 6.50. The molecule has 0 saturated carbocycles. The van der Waals surface area contributed by atoms with E-state index in [1.807, 2.05) is 4.90 Å². The summed E-state index contributed by atoms with van der Waals surface area (Å²) in [4.78, 5) is 19.5. The maximum atomic E-state index is 12.2. The van der Waals surface area contributed by atoms with Crippen molar-refractivity contribution in [1.29, 1.82) is 0 Å². The molecule has 2 heterocycles. The number of carbonyl (C=O) groups is 1. The van der Waals surface area contributed by atoms with Crippen molar-refractivity contribution >= 4 is 17.2 Å². The van der Waals surface area contributed by atoms with Gasteiger partial charge in [-0.1, -0.05) is 13.8 Å². The van der Waals surface area contributed by atoms with E-state index < -0.39 is 0 Å². The second-order valence-corrected chi connectivity index (χ2v) is 5.90. The lowest BCUT2D eigenvalue weighted by atomic mass is 10.1. The van der Waals surface area contributed by atoms with Gasteiger partial charge in [-0.25, -0.2) is 4.98 Å². The summed E-state index contributed by atoms with van der Waals surface area (Å²) in [5, 5.41) is 0.997. The zero-order valence-corrected chi connectivity index (χ0v) is 11.2. The van der Waals surface area contributed by atoms with E-state index in [0.717, 1.165) is 41.5 Å². The van der Waals surface area contributed by atoms with Crippen LogP contribution in [0.5, 0.6) is 0 Å². The normalized spacial score (nSPS) is 15.5. The summed E-state index contributed by atoms with van der Waals surface area (Å²) in [5.74, 6) is 0.664. The third-order valence-corrected chi connectivity index (χ3v) is 3.93. The van der Waals surface area contributed by atoms with Gasteiger partial charge in [0.2, 0.25) is 0 Å². The number of aromatic nitrogens is 1. The number of nitrogens with zero attached hydrogens (tertiary/aromatic N) is 2. The molecular formula is C12H19N3OS. The van der Waals surface area contributed by atoms with Crippen molar-refractivity contribution < 1.29 is 4.79 Å². The summed E-state index contributed by atoms with van der Waals surface area (Å²) >= 11 is 1.52. The molecule has 2 rings (SSSR count). The summed E-state index contributed by atoms with van der Waals surface area (Å²) in [6.07, 6.45) is 1.66. The Kier molecular flexibility index (Phi) is 3.79. The molecule has 0 aliphatic carbocycles. The zero-order valence-electron chi connectivity index (χ0n) is 10.4. The average Bonchev–Trinajstić information content (AvgIpc) is 2.66. The fourth-order valence-electron chi connectivity index (χ4n) is 2.07. The van der Waals surface area contributed by atoms with Gasteiger partial charge < -0.3 is 10.6 Å². The van der Waals surface area contributed by atoms with Crippen molar-refractivity contribution in [3.05, 3.63) is 15.6 Å². The molecule has 94 valence electrons. The van der Waals surface area contributed by atoms with Crippen molar-refractivity contribution in [3.8, 4) is 0 Å². The lowest BCUT2D eigenvalue weighted by Gasteiger charge is -2.27. The van der Waals surface area contributed by atoms with Crippen LogP contribution in [0.3, 0.4) is 0 Å². The monoisotopic (exact) mass is 253 g/mol. The standard InChI is InChI=1S/C12H19N3OS/c1-8(2)7-15-6-4-9-11(12(15)16)17-10(14-9)3-5-13/h8H,3-7,13H2,1-2H3. The molecule has 0 unspecified atom stereocenters. The van der Waals surface area contributed by atoms with Crippen LogP contribution in [0, 0.1) is 5.92 Å². The fraction of sp³-hybridized carbons (Fsp3) is 0.667. The van der Waals surface area contributed by atoms with Crippen LogP contribution in [0.1, 0.15) is 34.2 Å². The van der Waals surface area contributed by atoms with Gasteiger partial charge in [0, 0.05) is 25.9 Å². The Morgan fingerprint density at radius 2 is 2.29 bits per heavy atom. The van der Waals surface area contributed by atoms with E-state index in [9.17, 15) is 4.79 Å². The van der Waals surface area contributed by atoms with Crippen molar-refractivity contribution in [2.24, 2.45) is 11.7 Å². The highest BCUT2D eigenvalue weighted by molar-refractivity contribution is 7.13. The smallest absolute Gasteiger partial charge is 0.265 e. The molecule has 2 N–H and O–H groups in total. The van der Waals surface area contributed by atoms with Gasteiger partial charge in [0.25, 0.3) is 5.91 Å². The second kappa shape index (κ2) is 5.14.